The second-order valence-electron chi connectivity index (χ2n) is 5.67. The molecule has 0 bridgehead atoms. The molecule has 0 spiro atoms. The van der Waals surface area contributed by atoms with E-state index in [9.17, 15) is 0 Å². The van der Waals surface area contributed by atoms with Crippen LogP contribution in [0.5, 0.6) is 5.75 Å². The molecule has 0 aliphatic rings. The van der Waals surface area contributed by atoms with Gasteiger partial charge in [0.1, 0.15) is 24.4 Å². The molecule has 0 amide bonds. The van der Waals surface area contributed by atoms with Crippen molar-refractivity contribution >= 4 is 29.9 Å². The molecular formula is C18H29IN6O. The summed E-state index contributed by atoms with van der Waals surface area (Å²) in [4.78, 5) is 8.74. The Morgan fingerprint density at radius 1 is 1.27 bits per heavy atom. The first kappa shape index (κ1) is 22.2. The molecule has 0 atom stereocenters. The fourth-order valence-electron chi connectivity index (χ4n) is 2.29. The van der Waals surface area contributed by atoms with Gasteiger partial charge in [0.25, 0.3) is 0 Å². The number of aryl methyl sites for hydroxylation is 1. The van der Waals surface area contributed by atoms with Gasteiger partial charge in [-0.3, -0.25) is 4.68 Å². The van der Waals surface area contributed by atoms with Crippen molar-refractivity contribution in [2.75, 3.05) is 19.7 Å². The molecular weight excluding hydrogens is 443 g/mol. The average Bonchev–Trinajstić information content (AvgIpc) is 3.03. The number of halogens is 1. The number of nitrogens with zero attached hydrogens (tertiary/aromatic N) is 4. The van der Waals surface area contributed by atoms with Crippen LogP contribution in [-0.4, -0.2) is 40.4 Å². The van der Waals surface area contributed by atoms with Crippen molar-refractivity contribution in [1.82, 2.24) is 25.4 Å². The van der Waals surface area contributed by atoms with Crippen LogP contribution in [0.25, 0.3) is 0 Å². The van der Waals surface area contributed by atoms with Crippen molar-refractivity contribution in [2.24, 2.45) is 12.0 Å². The largest absolute Gasteiger partial charge is 0.494 e. The molecule has 7 nitrogen and oxygen atoms in total. The first-order valence-corrected chi connectivity index (χ1v) is 8.79. The highest BCUT2D eigenvalue weighted by Gasteiger charge is 2.02. The van der Waals surface area contributed by atoms with Gasteiger partial charge in [-0.15, -0.1) is 24.0 Å². The zero-order valence-corrected chi connectivity index (χ0v) is 18.1. The van der Waals surface area contributed by atoms with E-state index in [1.807, 2.05) is 26.1 Å². The Bertz CT molecular complexity index is 673. The van der Waals surface area contributed by atoms with E-state index in [1.54, 1.807) is 11.0 Å². The number of benzene rings is 1. The SMILES string of the molecule is CCCOc1cccc(CCNC(=NCc2ncnn2C)NCC)c1.I. The Labute approximate surface area is 172 Å². The standard InChI is InChI=1S/C18H28N6O.HI/c1-4-11-25-16-8-6-7-15(12-16)9-10-20-18(19-5-2)21-13-17-22-14-23-24(17)3;/h6-8,12,14H,4-5,9-11,13H2,1-3H3,(H2,19,20,21);1H. The van der Waals surface area contributed by atoms with Crippen LogP contribution in [0, 0.1) is 0 Å². The highest BCUT2D eigenvalue weighted by atomic mass is 127. The minimum atomic E-state index is 0. The number of aromatic nitrogens is 3. The van der Waals surface area contributed by atoms with Crippen LogP contribution in [0.1, 0.15) is 31.7 Å². The molecule has 0 aliphatic carbocycles. The third-order valence-electron chi connectivity index (χ3n) is 3.61. The van der Waals surface area contributed by atoms with Crippen molar-refractivity contribution in [3.8, 4) is 5.75 Å². The summed E-state index contributed by atoms with van der Waals surface area (Å²) in [5, 5.41) is 10.7. The average molecular weight is 472 g/mol. The molecule has 0 fully saturated rings. The smallest absolute Gasteiger partial charge is 0.191 e. The van der Waals surface area contributed by atoms with Gasteiger partial charge >= 0.3 is 0 Å². The summed E-state index contributed by atoms with van der Waals surface area (Å²) in [6.07, 6.45) is 3.45. The van der Waals surface area contributed by atoms with Crippen molar-refractivity contribution in [3.05, 3.63) is 42.0 Å². The Balaban J connectivity index is 0.00000338. The summed E-state index contributed by atoms with van der Waals surface area (Å²) in [5.41, 5.74) is 1.24. The molecule has 0 unspecified atom stereocenters. The first-order chi connectivity index (χ1) is 12.2. The third-order valence-corrected chi connectivity index (χ3v) is 3.61. The van der Waals surface area contributed by atoms with E-state index < -0.39 is 0 Å². The van der Waals surface area contributed by atoms with Crippen molar-refractivity contribution in [1.29, 1.82) is 0 Å². The van der Waals surface area contributed by atoms with Crippen LogP contribution in [0.15, 0.2) is 35.6 Å². The molecule has 1 aromatic heterocycles. The van der Waals surface area contributed by atoms with E-state index in [-0.39, 0.29) is 24.0 Å². The summed E-state index contributed by atoms with van der Waals surface area (Å²) in [7, 11) is 1.87. The number of hydrogen-bond acceptors (Lipinski definition) is 4. The summed E-state index contributed by atoms with van der Waals surface area (Å²) in [6.45, 7) is 7.00. The maximum atomic E-state index is 5.68. The lowest BCUT2D eigenvalue weighted by Gasteiger charge is -2.12. The zero-order chi connectivity index (χ0) is 17.9. The predicted molar refractivity (Wildman–Crippen MR) is 115 cm³/mol. The van der Waals surface area contributed by atoms with Gasteiger partial charge in [0, 0.05) is 20.1 Å². The molecule has 0 aliphatic heterocycles. The lowest BCUT2D eigenvalue weighted by Crippen LogP contribution is -2.38. The fraction of sp³-hybridized carbons (Fsp3) is 0.500. The highest BCUT2D eigenvalue weighted by Crippen LogP contribution is 2.13. The molecule has 2 rings (SSSR count). The Morgan fingerprint density at radius 3 is 2.81 bits per heavy atom. The summed E-state index contributed by atoms with van der Waals surface area (Å²) in [6, 6.07) is 8.25. The molecule has 8 heteroatoms. The second kappa shape index (κ2) is 12.5. The lowest BCUT2D eigenvalue weighted by atomic mass is 10.1. The molecule has 0 radical (unpaired) electrons. The monoisotopic (exact) mass is 472 g/mol. The van der Waals surface area contributed by atoms with Gasteiger partial charge < -0.3 is 15.4 Å². The van der Waals surface area contributed by atoms with Crippen LogP contribution < -0.4 is 15.4 Å². The second-order valence-corrected chi connectivity index (χ2v) is 5.67. The van der Waals surface area contributed by atoms with E-state index in [1.165, 1.54) is 5.56 Å². The number of rotatable bonds is 9. The van der Waals surface area contributed by atoms with Gasteiger partial charge in [-0.05, 0) is 37.5 Å². The van der Waals surface area contributed by atoms with Crippen LogP contribution >= 0.6 is 24.0 Å². The zero-order valence-electron chi connectivity index (χ0n) is 15.7. The quantitative estimate of drug-likeness (QED) is 0.333. The van der Waals surface area contributed by atoms with Crippen LogP contribution in [-0.2, 0) is 20.0 Å². The van der Waals surface area contributed by atoms with Gasteiger partial charge in [-0.2, -0.15) is 5.10 Å². The Hall–Kier alpha value is -1.84. The van der Waals surface area contributed by atoms with Gasteiger partial charge in [0.15, 0.2) is 5.96 Å². The number of aliphatic imine (C=N–C) groups is 1. The highest BCUT2D eigenvalue weighted by molar-refractivity contribution is 14.0. The maximum absolute atomic E-state index is 5.68. The molecule has 0 saturated heterocycles. The topological polar surface area (TPSA) is 76.4 Å². The molecule has 2 N–H and O–H groups in total. The van der Waals surface area contributed by atoms with E-state index in [4.69, 9.17) is 4.74 Å². The third kappa shape index (κ3) is 7.59. The molecule has 26 heavy (non-hydrogen) atoms. The number of nitrogens with one attached hydrogen (secondary N) is 2. The summed E-state index contributed by atoms with van der Waals surface area (Å²) >= 11 is 0. The normalized spacial score (nSPS) is 11.0. The van der Waals surface area contributed by atoms with Gasteiger partial charge in [-0.1, -0.05) is 19.1 Å². The lowest BCUT2D eigenvalue weighted by molar-refractivity contribution is 0.317. The molecule has 1 aromatic carbocycles. The molecule has 2 aromatic rings. The van der Waals surface area contributed by atoms with Gasteiger partial charge in [-0.25, -0.2) is 9.98 Å². The predicted octanol–water partition coefficient (Wildman–Crippen LogP) is 2.52. The van der Waals surface area contributed by atoms with Gasteiger partial charge in [0.2, 0.25) is 0 Å². The van der Waals surface area contributed by atoms with Crippen molar-refractivity contribution < 1.29 is 4.74 Å². The van der Waals surface area contributed by atoms with Crippen LogP contribution in [0.3, 0.4) is 0 Å². The molecule has 1 heterocycles. The van der Waals surface area contributed by atoms with E-state index in [2.05, 4.69) is 44.8 Å². The number of hydrogen-bond donors (Lipinski definition) is 2. The van der Waals surface area contributed by atoms with Gasteiger partial charge in [0.05, 0.1) is 6.61 Å². The minimum absolute atomic E-state index is 0. The first-order valence-electron chi connectivity index (χ1n) is 8.79. The van der Waals surface area contributed by atoms with E-state index in [0.717, 1.165) is 50.1 Å². The molecule has 144 valence electrons. The Morgan fingerprint density at radius 2 is 2.12 bits per heavy atom. The van der Waals surface area contributed by atoms with Crippen LogP contribution in [0.4, 0.5) is 0 Å². The summed E-state index contributed by atoms with van der Waals surface area (Å²) in [5.74, 6) is 2.55. The fourth-order valence-corrected chi connectivity index (χ4v) is 2.29. The van der Waals surface area contributed by atoms with Crippen molar-refractivity contribution in [2.45, 2.75) is 33.2 Å². The van der Waals surface area contributed by atoms with Crippen LogP contribution in [0.2, 0.25) is 0 Å². The number of ether oxygens (including phenoxy) is 1. The van der Waals surface area contributed by atoms with E-state index >= 15 is 0 Å². The molecule has 0 saturated carbocycles. The minimum Gasteiger partial charge on any atom is -0.494 e. The Kier molecular flexibility index (Phi) is 10.7. The summed E-state index contributed by atoms with van der Waals surface area (Å²) < 4.78 is 7.41. The van der Waals surface area contributed by atoms with Crippen molar-refractivity contribution in [3.63, 3.8) is 0 Å². The number of guanidine groups is 1. The maximum Gasteiger partial charge on any atom is 0.191 e. The van der Waals surface area contributed by atoms with E-state index in [0.29, 0.717) is 6.54 Å².